The van der Waals surface area contributed by atoms with Crippen molar-refractivity contribution in [3.05, 3.63) is 51.2 Å². The van der Waals surface area contributed by atoms with E-state index in [4.69, 9.17) is 26.2 Å². The van der Waals surface area contributed by atoms with Crippen LogP contribution in [0.5, 0.6) is 17.4 Å². The number of aromatic nitrogens is 2. The highest BCUT2D eigenvalue weighted by Crippen LogP contribution is 2.41. The lowest BCUT2D eigenvalue weighted by Gasteiger charge is -2.12. The van der Waals surface area contributed by atoms with E-state index in [0.29, 0.717) is 4.68 Å². The van der Waals surface area contributed by atoms with E-state index in [1.807, 2.05) is 0 Å². The zero-order valence-corrected chi connectivity index (χ0v) is 15.6. The molecule has 0 spiro atoms. The molecule has 1 aromatic heterocycles. The van der Waals surface area contributed by atoms with Crippen LogP contribution >= 0.6 is 11.6 Å². The summed E-state index contributed by atoms with van der Waals surface area (Å²) in [5, 5.41) is 22.6. The van der Waals surface area contributed by atoms with Gasteiger partial charge in [0, 0.05) is 25.3 Å². The molecule has 0 aliphatic heterocycles. The number of benzene rings is 1. The van der Waals surface area contributed by atoms with Crippen LogP contribution in [0.4, 0.5) is 18.9 Å². The first-order valence-electron chi connectivity index (χ1n) is 7.74. The first-order chi connectivity index (χ1) is 13.4. The van der Waals surface area contributed by atoms with Gasteiger partial charge >= 0.3 is 17.8 Å². The van der Waals surface area contributed by atoms with Crippen molar-refractivity contribution in [2.24, 2.45) is 7.05 Å². The number of ether oxygens (including phenoxy) is 2. The lowest BCUT2D eigenvalue weighted by molar-refractivity contribution is -0.386. The van der Waals surface area contributed by atoms with Crippen molar-refractivity contribution in [3.8, 4) is 17.4 Å². The second-order valence-corrected chi connectivity index (χ2v) is 5.98. The molecule has 2 aromatic rings. The van der Waals surface area contributed by atoms with E-state index in [2.05, 4.69) is 5.10 Å². The Balaban J connectivity index is 2.36. The van der Waals surface area contributed by atoms with E-state index < -0.39 is 45.5 Å². The van der Waals surface area contributed by atoms with E-state index in [1.54, 1.807) is 0 Å². The molecule has 0 aliphatic rings. The Morgan fingerprint density at radius 3 is 2.62 bits per heavy atom. The Morgan fingerprint density at radius 2 is 2.10 bits per heavy atom. The number of nitrogens with zero attached hydrogens (tertiary/aromatic N) is 3. The fourth-order valence-electron chi connectivity index (χ4n) is 2.22. The third-order valence-electron chi connectivity index (χ3n) is 3.39. The molecule has 1 heterocycles. The minimum absolute atomic E-state index is 0.131. The number of alkyl halides is 3. The standard InChI is InChI=1S/C16H13ClF3N3O6/c1-8(3-6-12(24)25)28-11-7-9(4-5-10(11)23(26)27)29-15-13(17)14(16(18,19)20)22(2)21-15/h3-8H,1-2H3,(H,24,25). The summed E-state index contributed by atoms with van der Waals surface area (Å²) in [6.07, 6.45) is -3.69. The van der Waals surface area contributed by atoms with Gasteiger partial charge in [-0.25, -0.2) is 4.79 Å². The summed E-state index contributed by atoms with van der Waals surface area (Å²) >= 11 is 5.71. The maximum absolute atomic E-state index is 13.0. The lowest BCUT2D eigenvalue weighted by Crippen LogP contribution is -2.12. The third-order valence-corrected chi connectivity index (χ3v) is 3.73. The SMILES string of the molecule is CC(C=CC(=O)O)Oc1cc(Oc2nn(C)c(C(F)(F)F)c2Cl)ccc1[N+](=O)[O-]. The van der Waals surface area contributed by atoms with Crippen molar-refractivity contribution in [2.75, 3.05) is 0 Å². The van der Waals surface area contributed by atoms with Crippen LogP contribution in [0.15, 0.2) is 30.4 Å². The quantitative estimate of drug-likeness (QED) is 0.393. The third kappa shape index (κ3) is 5.38. The molecule has 156 valence electrons. The molecule has 0 aliphatic carbocycles. The van der Waals surface area contributed by atoms with E-state index >= 15 is 0 Å². The number of hydrogen-bond acceptors (Lipinski definition) is 6. The number of aryl methyl sites for hydroxylation is 1. The van der Waals surface area contributed by atoms with E-state index in [9.17, 15) is 28.1 Å². The van der Waals surface area contributed by atoms with Crippen LogP contribution in [-0.4, -0.2) is 31.9 Å². The number of halogens is 4. The Morgan fingerprint density at radius 1 is 1.45 bits per heavy atom. The molecule has 1 atom stereocenters. The van der Waals surface area contributed by atoms with Gasteiger partial charge in [-0.05, 0) is 19.1 Å². The molecule has 1 N–H and O–H groups in total. The summed E-state index contributed by atoms with van der Waals surface area (Å²) in [6, 6.07) is 3.20. The van der Waals surface area contributed by atoms with Crippen molar-refractivity contribution in [1.29, 1.82) is 0 Å². The highest BCUT2D eigenvalue weighted by molar-refractivity contribution is 6.32. The van der Waals surface area contributed by atoms with Gasteiger partial charge in [-0.3, -0.25) is 14.8 Å². The minimum Gasteiger partial charge on any atom is -0.479 e. The zero-order valence-electron chi connectivity index (χ0n) is 14.8. The molecule has 0 bridgehead atoms. The number of nitro groups is 1. The monoisotopic (exact) mass is 435 g/mol. The highest BCUT2D eigenvalue weighted by atomic mass is 35.5. The molecular formula is C16H13ClF3N3O6. The molecule has 0 fully saturated rings. The minimum atomic E-state index is -4.77. The molecular weight excluding hydrogens is 423 g/mol. The number of aliphatic carboxylic acids is 1. The van der Waals surface area contributed by atoms with Gasteiger partial charge in [0.15, 0.2) is 5.69 Å². The predicted molar refractivity (Wildman–Crippen MR) is 93.3 cm³/mol. The Bertz CT molecular complexity index is 974. The number of rotatable bonds is 7. The fraction of sp³-hybridized carbons (Fsp3) is 0.250. The smallest absolute Gasteiger partial charge is 0.434 e. The summed E-state index contributed by atoms with van der Waals surface area (Å²) in [5.41, 5.74) is -1.68. The maximum atomic E-state index is 13.0. The second kappa shape index (κ2) is 8.39. The zero-order chi connectivity index (χ0) is 21.9. The summed E-state index contributed by atoms with van der Waals surface area (Å²) < 4.78 is 50.1. The van der Waals surface area contributed by atoms with Crippen LogP contribution in [-0.2, 0) is 18.0 Å². The number of carboxylic acid groups (broad SMARTS) is 1. The Hall–Kier alpha value is -3.28. The Labute approximate surface area is 166 Å². The van der Waals surface area contributed by atoms with E-state index in [-0.39, 0.29) is 11.5 Å². The van der Waals surface area contributed by atoms with Gasteiger partial charge in [0.2, 0.25) is 5.75 Å². The van der Waals surface area contributed by atoms with Crippen LogP contribution < -0.4 is 9.47 Å². The average molecular weight is 436 g/mol. The first-order valence-corrected chi connectivity index (χ1v) is 8.11. The van der Waals surface area contributed by atoms with Crippen molar-refractivity contribution in [3.63, 3.8) is 0 Å². The molecule has 1 unspecified atom stereocenters. The maximum Gasteiger partial charge on any atom is 0.434 e. The van der Waals surface area contributed by atoms with Crippen molar-refractivity contribution >= 4 is 23.3 Å². The van der Waals surface area contributed by atoms with Gasteiger partial charge in [0.25, 0.3) is 5.88 Å². The molecule has 2 rings (SSSR count). The molecule has 0 saturated heterocycles. The molecule has 13 heteroatoms. The second-order valence-electron chi connectivity index (χ2n) is 5.60. The van der Waals surface area contributed by atoms with Gasteiger partial charge in [0.05, 0.1) is 4.92 Å². The van der Waals surface area contributed by atoms with Crippen LogP contribution in [0.1, 0.15) is 12.6 Å². The number of nitro benzene ring substituents is 1. The van der Waals surface area contributed by atoms with Gasteiger partial charge in [-0.15, -0.1) is 5.10 Å². The van der Waals surface area contributed by atoms with E-state index in [1.165, 1.54) is 6.92 Å². The Kier molecular flexibility index (Phi) is 6.37. The van der Waals surface area contributed by atoms with E-state index in [0.717, 1.165) is 37.4 Å². The van der Waals surface area contributed by atoms with Crippen LogP contribution in [0.3, 0.4) is 0 Å². The average Bonchev–Trinajstić information content (AvgIpc) is 2.86. The molecule has 29 heavy (non-hydrogen) atoms. The molecule has 0 saturated carbocycles. The van der Waals surface area contributed by atoms with Crippen LogP contribution in [0.2, 0.25) is 5.02 Å². The number of carbonyl (C=O) groups is 1. The molecule has 1 aromatic carbocycles. The number of hydrogen-bond donors (Lipinski definition) is 1. The highest BCUT2D eigenvalue weighted by Gasteiger charge is 2.39. The van der Waals surface area contributed by atoms with Crippen LogP contribution in [0, 0.1) is 10.1 Å². The summed E-state index contributed by atoms with van der Waals surface area (Å²) in [7, 11) is 1.03. The topological polar surface area (TPSA) is 117 Å². The molecule has 9 nitrogen and oxygen atoms in total. The largest absolute Gasteiger partial charge is 0.479 e. The molecule has 0 amide bonds. The predicted octanol–water partition coefficient (Wildman–Crippen LogP) is 4.20. The van der Waals surface area contributed by atoms with Crippen molar-refractivity contribution in [1.82, 2.24) is 9.78 Å². The van der Waals surface area contributed by atoms with Crippen molar-refractivity contribution < 1.29 is 37.5 Å². The summed E-state index contributed by atoms with van der Waals surface area (Å²) in [5.74, 6) is -2.22. The summed E-state index contributed by atoms with van der Waals surface area (Å²) in [4.78, 5) is 21.0. The summed E-state index contributed by atoms with van der Waals surface area (Å²) in [6.45, 7) is 1.43. The van der Waals surface area contributed by atoms with Gasteiger partial charge < -0.3 is 14.6 Å². The first kappa shape index (κ1) is 22.0. The number of carboxylic acids is 1. The normalized spacial score (nSPS) is 12.8. The molecule has 0 radical (unpaired) electrons. The van der Waals surface area contributed by atoms with Gasteiger partial charge in [-0.2, -0.15) is 13.2 Å². The fourth-order valence-corrected chi connectivity index (χ4v) is 2.52. The lowest BCUT2D eigenvalue weighted by atomic mass is 10.2. The van der Waals surface area contributed by atoms with Gasteiger partial charge in [-0.1, -0.05) is 11.6 Å². The van der Waals surface area contributed by atoms with Crippen molar-refractivity contribution in [2.45, 2.75) is 19.2 Å². The van der Waals surface area contributed by atoms with Gasteiger partial charge in [0.1, 0.15) is 16.9 Å². The van der Waals surface area contributed by atoms with Crippen LogP contribution in [0.25, 0.3) is 0 Å².